The molecule has 0 aromatic carbocycles. The van der Waals surface area contributed by atoms with Gasteiger partial charge in [-0.1, -0.05) is 11.6 Å². The summed E-state index contributed by atoms with van der Waals surface area (Å²) in [4.78, 5) is 48.3. The Morgan fingerprint density at radius 2 is 1.80 bits per heavy atom. The first-order chi connectivity index (χ1) is 13.9. The standard InChI is InChI=1S/C17H14ClF3N2O6S/c1-7-11(15(26)28-2)13(30-12(7)16(27)29-3)22-10(24)6-23-5-8(17(19,20)21)4-9(18)14(23)25/h4-5H,6H2,1-3H3,(H,22,24). The molecule has 1 N–H and O–H groups in total. The molecule has 2 aromatic rings. The van der Waals surface area contributed by atoms with E-state index < -0.39 is 46.7 Å². The highest BCUT2D eigenvalue weighted by molar-refractivity contribution is 7.18. The number of aromatic nitrogens is 1. The van der Waals surface area contributed by atoms with Gasteiger partial charge < -0.3 is 19.4 Å². The highest BCUT2D eigenvalue weighted by atomic mass is 35.5. The summed E-state index contributed by atoms with van der Waals surface area (Å²) in [5.41, 5.74) is -2.15. The fraction of sp³-hybridized carbons (Fsp3) is 0.294. The fourth-order valence-corrected chi connectivity index (χ4v) is 3.78. The van der Waals surface area contributed by atoms with Gasteiger partial charge in [-0.3, -0.25) is 9.59 Å². The smallest absolute Gasteiger partial charge is 0.417 e. The van der Waals surface area contributed by atoms with E-state index in [2.05, 4.69) is 14.8 Å². The Morgan fingerprint density at radius 3 is 2.33 bits per heavy atom. The molecular weight excluding hydrogens is 453 g/mol. The van der Waals surface area contributed by atoms with Gasteiger partial charge in [0.15, 0.2) is 0 Å². The molecule has 2 aromatic heterocycles. The Kier molecular flexibility index (Phi) is 6.93. The predicted octanol–water partition coefficient (Wildman–Crippen LogP) is 3.10. The Labute approximate surface area is 176 Å². The summed E-state index contributed by atoms with van der Waals surface area (Å²) < 4.78 is 48.5. The van der Waals surface area contributed by atoms with Crippen molar-refractivity contribution in [2.75, 3.05) is 19.5 Å². The number of methoxy groups -OCH3 is 2. The second kappa shape index (κ2) is 8.88. The summed E-state index contributed by atoms with van der Waals surface area (Å²) in [7, 11) is 2.22. The molecule has 162 valence electrons. The molecule has 0 atom stereocenters. The Balaban J connectivity index is 2.40. The highest BCUT2D eigenvalue weighted by Crippen LogP contribution is 2.34. The third-order valence-electron chi connectivity index (χ3n) is 3.84. The van der Waals surface area contributed by atoms with E-state index in [1.165, 1.54) is 6.92 Å². The summed E-state index contributed by atoms with van der Waals surface area (Å²) in [5.74, 6) is -2.55. The zero-order chi connectivity index (χ0) is 22.8. The number of nitrogens with zero attached hydrogens (tertiary/aromatic N) is 1. The van der Waals surface area contributed by atoms with Gasteiger partial charge in [-0.15, -0.1) is 11.3 Å². The number of alkyl halides is 3. The zero-order valence-corrected chi connectivity index (χ0v) is 17.3. The lowest BCUT2D eigenvalue weighted by Gasteiger charge is -2.12. The largest absolute Gasteiger partial charge is 0.465 e. The summed E-state index contributed by atoms with van der Waals surface area (Å²) in [6.45, 7) is 0.606. The van der Waals surface area contributed by atoms with Gasteiger partial charge >= 0.3 is 18.1 Å². The molecule has 30 heavy (non-hydrogen) atoms. The number of esters is 2. The summed E-state index contributed by atoms with van der Waals surface area (Å²) in [6, 6.07) is 0.457. The minimum atomic E-state index is -4.78. The van der Waals surface area contributed by atoms with E-state index >= 15 is 0 Å². The van der Waals surface area contributed by atoms with E-state index in [4.69, 9.17) is 11.6 Å². The van der Waals surface area contributed by atoms with Crippen LogP contribution in [0.25, 0.3) is 0 Å². The van der Waals surface area contributed by atoms with Gasteiger partial charge in [-0.25, -0.2) is 9.59 Å². The van der Waals surface area contributed by atoms with Crippen LogP contribution >= 0.6 is 22.9 Å². The van der Waals surface area contributed by atoms with Crippen LogP contribution in [0.15, 0.2) is 17.1 Å². The van der Waals surface area contributed by atoms with Crippen molar-refractivity contribution in [2.45, 2.75) is 19.6 Å². The minimum Gasteiger partial charge on any atom is -0.465 e. The Hall–Kier alpha value is -2.86. The summed E-state index contributed by atoms with van der Waals surface area (Å²) in [6.07, 6.45) is -4.33. The molecule has 0 aliphatic rings. The van der Waals surface area contributed by atoms with Crippen LogP contribution in [-0.2, 0) is 27.0 Å². The number of amides is 1. The average molecular weight is 467 g/mol. The van der Waals surface area contributed by atoms with Crippen LogP contribution in [0.2, 0.25) is 5.02 Å². The van der Waals surface area contributed by atoms with Crippen molar-refractivity contribution in [1.29, 1.82) is 0 Å². The number of nitrogens with one attached hydrogen (secondary N) is 1. The number of carbonyl (C=O) groups excluding carboxylic acids is 3. The molecule has 0 fully saturated rings. The Morgan fingerprint density at radius 1 is 1.20 bits per heavy atom. The van der Waals surface area contributed by atoms with Crippen molar-refractivity contribution < 1.29 is 37.0 Å². The number of ether oxygens (including phenoxy) is 2. The minimum absolute atomic E-state index is 0.0208. The number of thiophene rings is 1. The molecule has 0 unspecified atom stereocenters. The normalized spacial score (nSPS) is 11.2. The topological polar surface area (TPSA) is 104 Å². The van der Waals surface area contributed by atoms with Crippen LogP contribution in [0.3, 0.4) is 0 Å². The van der Waals surface area contributed by atoms with Crippen molar-refractivity contribution in [3.8, 4) is 0 Å². The van der Waals surface area contributed by atoms with E-state index in [9.17, 15) is 32.3 Å². The maximum Gasteiger partial charge on any atom is 0.417 e. The van der Waals surface area contributed by atoms with Crippen LogP contribution in [0, 0.1) is 6.92 Å². The number of hydrogen-bond donors (Lipinski definition) is 1. The van der Waals surface area contributed by atoms with Crippen LogP contribution in [0.4, 0.5) is 18.2 Å². The fourth-order valence-electron chi connectivity index (χ4n) is 2.43. The molecule has 0 aliphatic carbocycles. The van der Waals surface area contributed by atoms with Crippen LogP contribution in [-0.4, -0.2) is 36.6 Å². The van der Waals surface area contributed by atoms with Crippen molar-refractivity contribution >= 4 is 45.8 Å². The van der Waals surface area contributed by atoms with E-state index in [0.29, 0.717) is 28.2 Å². The summed E-state index contributed by atoms with van der Waals surface area (Å²) >= 11 is 6.27. The molecule has 0 bridgehead atoms. The monoisotopic (exact) mass is 466 g/mol. The molecular formula is C17H14ClF3N2O6S. The van der Waals surface area contributed by atoms with Gasteiger partial charge in [0.05, 0.1) is 25.3 Å². The van der Waals surface area contributed by atoms with Gasteiger partial charge in [0.2, 0.25) is 5.91 Å². The molecule has 0 aliphatic heterocycles. The average Bonchev–Trinajstić information content (AvgIpc) is 2.98. The van der Waals surface area contributed by atoms with E-state index in [-0.39, 0.29) is 21.0 Å². The van der Waals surface area contributed by atoms with E-state index in [0.717, 1.165) is 14.2 Å². The lowest BCUT2D eigenvalue weighted by molar-refractivity contribution is -0.138. The molecule has 13 heteroatoms. The van der Waals surface area contributed by atoms with Crippen molar-refractivity contribution in [3.05, 3.63) is 49.2 Å². The first kappa shape index (κ1) is 23.4. The highest BCUT2D eigenvalue weighted by Gasteiger charge is 2.32. The second-order valence-electron chi connectivity index (χ2n) is 5.80. The molecule has 2 heterocycles. The molecule has 0 spiro atoms. The molecule has 0 saturated heterocycles. The molecule has 1 amide bonds. The van der Waals surface area contributed by atoms with E-state index in [1.807, 2.05) is 0 Å². The quantitative estimate of drug-likeness (QED) is 0.679. The number of carbonyl (C=O) groups is 3. The van der Waals surface area contributed by atoms with Crippen molar-refractivity contribution in [2.24, 2.45) is 0 Å². The number of pyridine rings is 1. The van der Waals surface area contributed by atoms with Crippen LogP contribution in [0.1, 0.15) is 31.2 Å². The van der Waals surface area contributed by atoms with Gasteiger partial charge in [-0.2, -0.15) is 13.2 Å². The van der Waals surface area contributed by atoms with E-state index in [1.54, 1.807) is 0 Å². The first-order valence-corrected chi connectivity index (χ1v) is 9.17. The first-order valence-electron chi connectivity index (χ1n) is 7.97. The summed E-state index contributed by atoms with van der Waals surface area (Å²) in [5, 5.41) is 1.50. The maximum absolute atomic E-state index is 12.9. The lowest BCUT2D eigenvalue weighted by atomic mass is 10.1. The molecule has 0 saturated carbocycles. The zero-order valence-electron chi connectivity index (χ0n) is 15.7. The van der Waals surface area contributed by atoms with Crippen LogP contribution < -0.4 is 10.9 Å². The third kappa shape index (κ3) is 4.82. The number of anilines is 1. The second-order valence-corrected chi connectivity index (χ2v) is 7.23. The number of rotatable bonds is 5. The van der Waals surface area contributed by atoms with Gasteiger partial charge in [-0.05, 0) is 18.6 Å². The SMILES string of the molecule is COC(=O)c1sc(NC(=O)Cn2cc(C(F)(F)F)cc(Cl)c2=O)c(C(=O)OC)c1C. The number of halogens is 4. The maximum atomic E-state index is 12.9. The molecule has 2 rings (SSSR count). The van der Waals surface area contributed by atoms with Gasteiger partial charge in [0.25, 0.3) is 5.56 Å². The van der Waals surface area contributed by atoms with Gasteiger partial charge in [0.1, 0.15) is 21.4 Å². The Bertz CT molecular complexity index is 1080. The van der Waals surface area contributed by atoms with Crippen molar-refractivity contribution in [1.82, 2.24) is 4.57 Å². The molecule has 0 radical (unpaired) electrons. The lowest BCUT2D eigenvalue weighted by Crippen LogP contribution is -2.29. The molecule has 8 nitrogen and oxygen atoms in total. The number of hydrogen-bond acceptors (Lipinski definition) is 7. The predicted molar refractivity (Wildman–Crippen MR) is 101 cm³/mol. The van der Waals surface area contributed by atoms with Crippen LogP contribution in [0.5, 0.6) is 0 Å². The van der Waals surface area contributed by atoms with Crippen molar-refractivity contribution in [3.63, 3.8) is 0 Å². The third-order valence-corrected chi connectivity index (χ3v) is 5.30. The van der Waals surface area contributed by atoms with Gasteiger partial charge in [0, 0.05) is 6.20 Å².